The summed E-state index contributed by atoms with van der Waals surface area (Å²) in [4.78, 5) is 2.45. The molecule has 0 saturated heterocycles. The van der Waals surface area contributed by atoms with E-state index in [4.69, 9.17) is 0 Å². The number of fused-ring (bicyclic) bond motifs is 6. The summed E-state index contributed by atoms with van der Waals surface area (Å²) < 4.78 is 2.38. The number of anilines is 3. The molecule has 1 aliphatic rings. The maximum Gasteiger partial charge on any atom is 0.0541 e. The third-order valence-corrected chi connectivity index (χ3v) is 14.7. The molecule has 336 valence electrons. The zero-order chi connectivity index (χ0) is 47.5. The van der Waals surface area contributed by atoms with E-state index in [-0.39, 0.29) is 5.41 Å². The lowest BCUT2D eigenvalue weighted by Gasteiger charge is -2.30. The Morgan fingerprint density at radius 2 is 0.761 bits per heavy atom. The fraction of sp³-hybridized carbons (Fsp3) is 0.0435. The van der Waals surface area contributed by atoms with E-state index in [0.717, 1.165) is 22.7 Å². The number of rotatable bonds is 9. The van der Waals surface area contributed by atoms with Gasteiger partial charge in [-0.05, 0) is 157 Å². The molecule has 13 rings (SSSR count). The fourth-order valence-electron chi connectivity index (χ4n) is 11.4. The third kappa shape index (κ3) is 7.27. The van der Waals surface area contributed by atoms with Crippen LogP contribution in [0.25, 0.3) is 94.3 Å². The normalized spacial score (nSPS) is 12.5. The molecule has 0 atom stereocenters. The topological polar surface area (TPSA) is 8.17 Å². The Morgan fingerprint density at radius 1 is 0.310 bits per heavy atom. The summed E-state index contributed by atoms with van der Waals surface area (Å²) in [5.74, 6) is 0. The largest absolute Gasteiger partial charge is 0.310 e. The van der Waals surface area contributed by atoms with Gasteiger partial charge in [0.15, 0.2) is 0 Å². The smallest absolute Gasteiger partial charge is 0.0541 e. The van der Waals surface area contributed by atoms with Crippen LogP contribution in [0.3, 0.4) is 0 Å². The van der Waals surface area contributed by atoms with Crippen LogP contribution in [-0.4, -0.2) is 4.57 Å². The average molecular weight is 907 g/mol. The summed E-state index contributed by atoms with van der Waals surface area (Å²) in [6, 6.07) is 97.9. The number of nitrogens with zero attached hydrogens (tertiary/aromatic N) is 2. The average Bonchev–Trinajstić information content (AvgIpc) is 3.89. The molecule has 2 nitrogen and oxygen atoms in total. The minimum atomic E-state index is -0.334. The molecular formula is C69H50N2. The Kier molecular flexibility index (Phi) is 10.2. The first kappa shape index (κ1) is 42.1. The Balaban J connectivity index is 0.994. The van der Waals surface area contributed by atoms with Gasteiger partial charge in [0.25, 0.3) is 0 Å². The lowest BCUT2D eigenvalue weighted by Crippen LogP contribution is -2.18. The van der Waals surface area contributed by atoms with Crippen molar-refractivity contribution in [3.63, 3.8) is 0 Å². The van der Waals surface area contributed by atoms with Crippen LogP contribution in [-0.2, 0) is 5.41 Å². The summed E-state index contributed by atoms with van der Waals surface area (Å²) in [6.45, 7) is 4.85. The second-order valence-corrected chi connectivity index (χ2v) is 19.3. The van der Waals surface area contributed by atoms with Crippen LogP contribution < -0.4 is 4.90 Å². The van der Waals surface area contributed by atoms with Crippen LogP contribution in [0.2, 0.25) is 0 Å². The van der Waals surface area contributed by atoms with Gasteiger partial charge < -0.3 is 9.47 Å². The Bertz CT molecular complexity index is 3890. The van der Waals surface area contributed by atoms with Crippen LogP contribution in [0.4, 0.5) is 17.1 Å². The van der Waals surface area contributed by atoms with Crippen molar-refractivity contribution in [1.29, 1.82) is 0 Å². The van der Waals surface area contributed by atoms with Crippen molar-refractivity contribution in [3.05, 3.63) is 278 Å². The van der Waals surface area contributed by atoms with Crippen molar-refractivity contribution in [2.45, 2.75) is 19.3 Å². The second-order valence-electron chi connectivity index (χ2n) is 19.3. The molecule has 71 heavy (non-hydrogen) atoms. The van der Waals surface area contributed by atoms with Crippen LogP contribution in [0.15, 0.2) is 267 Å². The number of aromatic nitrogens is 1. The lowest BCUT2D eigenvalue weighted by atomic mass is 9.77. The molecule has 1 aromatic heterocycles. The molecule has 0 unspecified atom stereocenters. The maximum atomic E-state index is 2.48. The quantitative estimate of drug-likeness (QED) is 0.140. The van der Waals surface area contributed by atoms with E-state index in [9.17, 15) is 0 Å². The van der Waals surface area contributed by atoms with Crippen molar-refractivity contribution < 1.29 is 0 Å². The van der Waals surface area contributed by atoms with E-state index < -0.39 is 0 Å². The standard InChI is InChI=1S/C69H50N2/c1-69(2)64-46-58(45-60(51-24-12-5-13-25-51)67(64)63-44-54(48-22-10-4-11-23-48)43-61(68(63)69)52-26-14-6-15-27-52)70(56-37-32-49(33-38-56)47-20-8-3-9-21-47)57-39-34-50(35-40-57)53-36-41-66-62(42-53)59-30-18-19-31-65(59)71(66)55-28-16-7-17-29-55/h3-46H,1-2H3. The van der Waals surface area contributed by atoms with E-state index in [2.05, 4.69) is 290 Å². The molecule has 1 heterocycles. The van der Waals surface area contributed by atoms with Gasteiger partial charge in [0, 0.05) is 38.9 Å². The van der Waals surface area contributed by atoms with E-state index in [0.29, 0.717) is 0 Å². The van der Waals surface area contributed by atoms with E-state index in [1.807, 2.05) is 0 Å². The molecule has 0 N–H and O–H groups in total. The molecule has 0 bridgehead atoms. The first-order chi connectivity index (χ1) is 35.0. The Labute approximate surface area is 416 Å². The molecule has 11 aromatic carbocycles. The SMILES string of the molecule is CC1(C)c2cc(N(c3ccc(-c4ccccc4)cc3)c3ccc(-c4ccc5c(c4)c4ccccc4n5-c4ccccc4)cc3)cc(-c3ccccc3)c2-c2cc(-c3ccccc3)cc(-c3ccccc3)c21. The molecule has 0 saturated carbocycles. The summed E-state index contributed by atoms with van der Waals surface area (Å²) in [7, 11) is 0. The first-order valence-corrected chi connectivity index (χ1v) is 24.7. The maximum absolute atomic E-state index is 2.48. The van der Waals surface area contributed by atoms with Gasteiger partial charge in [-0.25, -0.2) is 0 Å². The highest BCUT2D eigenvalue weighted by Gasteiger charge is 2.40. The highest BCUT2D eigenvalue weighted by molar-refractivity contribution is 6.10. The van der Waals surface area contributed by atoms with Crippen molar-refractivity contribution in [2.24, 2.45) is 0 Å². The summed E-state index contributed by atoms with van der Waals surface area (Å²) >= 11 is 0. The van der Waals surface area contributed by atoms with E-state index >= 15 is 0 Å². The monoisotopic (exact) mass is 906 g/mol. The second kappa shape index (κ2) is 17.2. The van der Waals surface area contributed by atoms with Crippen LogP contribution >= 0.6 is 0 Å². The summed E-state index contributed by atoms with van der Waals surface area (Å²) in [5, 5.41) is 2.49. The van der Waals surface area contributed by atoms with Gasteiger partial charge in [-0.15, -0.1) is 0 Å². The molecule has 0 aliphatic heterocycles. The van der Waals surface area contributed by atoms with Crippen molar-refractivity contribution >= 4 is 38.9 Å². The fourth-order valence-corrected chi connectivity index (χ4v) is 11.4. The van der Waals surface area contributed by atoms with E-state index in [1.54, 1.807) is 0 Å². The third-order valence-electron chi connectivity index (χ3n) is 14.7. The molecule has 1 aliphatic carbocycles. The molecular weight excluding hydrogens is 857 g/mol. The summed E-state index contributed by atoms with van der Waals surface area (Å²) in [5.41, 5.74) is 23.9. The van der Waals surface area contributed by atoms with Gasteiger partial charge in [0.2, 0.25) is 0 Å². The minimum absolute atomic E-state index is 0.334. The Morgan fingerprint density at radius 3 is 1.37 bits per heavy atom. The first-order valence-electron chi connectivity index (χ1n) is 24.7. The van der Waals surface area contributed by atoms with Gasteiger partial charge >= 0.3 is 0 Å². The molecule has 0 spiro atoms. The lowest BCUT2D eigenvalue weighted by molar-refractivity contribution is 0.662. The predicted octanol–water partition coefficient (Wildman–Crippen LogP) is 18.9. The number of para-hydroxylation sites is 2. The number of hydrogen-bond donors (Lipinski definition) is 0. The van der Waals surface area contributed by atoms with Crippen LogP contribution in [0.1, 0.15) is 25.0 Å². The Hall–Kier alpha value is -8.98. The molecule has 0 radical (unpaired) electrons. The highest BCUT2D eigenvalue weighted by atomic mass is 15.1. The predicted molar refractivity (Wildman–Crippen MR) is 300 cm³/mol. The van der Waals surface area contributed by atoms with Crippen LogP contribution in [0.5, 0.6) is 0 Å². The van der Waals surface area contributed by atoms with Gasteiger partial charge in [-0.2, -0.15) is 0 Å². The van der Waals surface area contributed by atoms with Gasteiger partial charge in [0.1, 0.15) is 0 Å². The van der Waals surface area contributed by atoms with Crippen molar-refractivity contribution in [3.8, 4) is 72.4 Å². The van der Waals surface area contributed by atoms with Gasteiger partial charge in [-0.3, -0.25) is 0 Å². The van der Waals surface area contributed by atoms with Gasteiger partial charge in [-0.1, -0.05) is 202 Å². The molecule has 0 fully saturated rings. The zero-order valence-corrected chi connectivity index (χ0v) is 39.8. The summed E-state index contributed by atoms with van der Waals surface area (Å²) in [6.07, 6.45) is 0. The molecule has 2 heteroatoms. The zero-order valence-electron chi connectivity index (χ0n) is 39.8. The number of benzene rings is 11. The van der Waals surface area contributed by atoms with Crippen molar-refractivity contribution in [2.75, 3.05) is 4.90 Å². The van der Waals surface area contributed by atoms with E-state index in [1.165, 1.54) is 99.7 Å². The van der Waals surface area contributed by atoms with Gasteiger partial charge in [0.05, 0.1) is 11.0 Å². The van der Waals surface area contributed by atoms with Crippen molar-refractivity contribution in [1.82, 2.24) is 4.57 Å². The molecule has 12 aromatic rings. The number of hydrogen-bond acceptors (Lipinski definition) is 1. The minimum Gasteiger partial charge on any atom is -0.310 e. The van der Waals surface area contributed by atoms with Crippen LogP contribution in [0, 0.1) is 0 Å². The molecule has 0 amide bonds. The highest BCUT2D eigenvalue weighted by Crippen LogP contribution is 2.58.